The SMILES string of the molecule is CCOc1ccccc1N(CC(=O)N(Cc1ccccc1)[C@H](CC)C(=O)NC)S(=O)(=O)c1ccc(Cl)cc1. The third kappa shape index (κ3) is 6.85. The highest BCUT2D eigenvalue weighted by Crippen LogP contribution is 2.33. The van der Waals surface area contributed by atoms with Gasteiger partial charge in [-0.3, -0.25) is 13.9 Å². The van der Waals surface area contributed by atoms with Gasteiger partial charge in [0.15, 0.2) is 0 Å². The van der Waals surface area contributed by atoms with E-state index in [0.717, 1.165) is 9.87 Å². The first-order valence-corrected chi connectivity index (χ1v) is 14.1. The predicted octanol–water partition coefficient (Wildman–Crippen LogP) is 4.49. The Balaban J connectivity index is 2.10. The van der Waals surface area contributed by atoms with Crippen molar-refractivity contribution in [2.75, 3.05) is 24.5 Å². The molecule has 8 nitrogen and oxygen atoms in total. The van der Waals surface area contributed by atoms with Crippen molar-refractivity contribution in [1.82, 2.24) is 10.2 Å². The molecule has 0 aliphatic heterocycles. The quantitative estimate of drug-likeness (QED) is 0.354. The zero-order valence-corrected chi connectivity index (χ0v) is 23.2. The van der Waals surface area contributed by atoms with Gasteiger partial charge in [0, 0.05) is 18.6 Å². The van der Waals surface area contributed by atoms with Crippen LogP contribution in [0.15, 0.2) is 83.8 Å². The summed E-state index contributed by atoms with van der Waals surface area (Å²) < 4.78 is 34.6. The normalized spacial score (nSPS) is 11.9. The van der Waals surface area contributed by atoms with Crippen LogP contribution in [0, 0.1) is 0 Å². The second-order valence-electron chi connectivity index (χ2n) is 8.41. The Kier molecular flexibility index (Phi) is 10.2. The molecule has 0 saturated carbocycles. The molecule has 38 heavy (non-hydrogen) atoms. The smallest absolute Gasteiger partial charge is 0.264 e. The molecule has 2 amide bonds. The number of nitrogens with one attached hydrogen (secondary N) is 1. The van der Waals surface area contributed by atoms with Crippen LogP contribution in [-0.2, 0) is 26.2 Å². The van der Waals surface area contributed by atoms with Crippen molar-refractivity contribution in [1.29, 1.82) is 0 Å². The number of carbonyl (C=O) groups is 2. The van der Waals surface area contributed by atoms with Crippen LogP contribution in [0.5, 0.6) is 5.75 Å². The van der Waals surface area contributed by atoms with E-state index in [4.69, 9.17) is 16.3 Å². The third-order valence-electron chi connectivity index (χ3n) is 5.94. The van der Waals surface area contributed by atoms with Gasteiger partial charge in [0.25, 0.3) is 10.0 Å². The van der Waals surface area contributed by atoms with Crippen LogP contribution in [0.1, 0.15) is 25.8 Å². The first kappa shape index (κ1) is 29.0. The number of benzene rings is 3. The van der Waals surface area contributed by atoms with E-state index in [0.29, 0.717) is 23.8 Å². The zero-order valence-electron chi connectivity index (χ0n) is 21.6. The van der Waals surface area contributed by atoms with Crippen LogP contribution in [0.3, 0.4) is 0 Å². The van der Waals surface area contributed by atoms with Crippen LogP contribution >= 0.6 is 11.6 Å². The molecule has 0 spiro atoms. The fourth-order valence-corrected chi connectivity index (χ4v) is 5.60. The van der Waals surface area contributed by atoms with Crippen molar-refractivity contribution in [2.45, 2.75) is 37.8 Å². The number of nitrogens with zero attached hydrogens (tertiary/aromatic N) is 2. The Morgan fingerprint density at radius 1 is 0.947 bits per heavy atom. The average molecular weight is 558 g/mol. The van der Waals surface area contributed by atoms with Crippen molar-refractivity contribution in [3.63, 3.8) is 0 Å². The van der Waals surface area contributed by atoms with Gasteiger partial charge in [-0.1, -0.05) is 61.0 Å². The molecule has 0 aliphatic carbocycles. The second-order valence-corrected chi connectivity index (χ2v) is 10.7. The summed E-state index contributed by atoms with van der Waals surface area (Å²) in [6.45, 7) is 3.48. The Bertz CT molecular complexity index is 1330. The average Bonchev–Trinajstić information content (AvgIpc) is 2.92. The van der Waals surface area contributed by atoms with Crippen LogP contribution in [0.4, 0.5) is 5.69 Å². The number of likely N-dealkylation sites (N-methyl/N-ethyl adjacent to an activating group) is 1. The van der Waals surface area contributed by atoms with Gasteiger partial charge in [-0.15, -0.1) is 0 Å². The first-order chi connectivity index (χ1) is 18.2. The maximum absolute atomic E-state index is 13.9. The summed E-state index contributed by atoms with van der Waals surface area (Å²) in [6.07, 6.45) is 0.345. The highest BCUT2D eigenvalue weighted by Gasteiger charge is 2.34. The number of hydrogen-bond acceptors (Lipinski definition) is 5. The first-order valence-electron chi connectivity index (χ1n) is 12.3. The van der Waals surface area contributed by atoms with Crippen molar-refractivity contribution in [3.8, 4) is 5.75 Å². The maximum Gasteiger partial charge on any atom is 0.264 e. The molecule has 202 valence electrons. The Morgan fingerprint density at radius 2 is 1.58 bits per heavy atom. The van der Waals surface area contributed by atoms with Gasteiger partial charge in [-0.25, -0.2) is 8.42 Å². The van der Waals surface area contributed by atoms with Gasteiger partial charge in [-0.05, 0) is 55.3 Å². The van der Waals surface area contributed by atoms with Crippen LogP contribution in [0.2, 0.25) is 5.02 Å². The van der Waals surface area contributed by atoms with Crippen molar-refractivity contribution < 1.29 is 22.7 Å². The number of para-hydroxylation sites is 2. The lowest BCUT2D eigenvalue weighted by atomic mass is 10.1. The highest BCUT2D eigenvalue weighted by molar-refractivity contribution is 7.92. The molecule has 0 aromatic heterocycles. The maximum atomic E-state index is 13.9. The Labute approximate surface area is 229 Å². The van der Waals surface area contributed by atoms with Crippen molar-refractivity contribution in [3.05, 3.63) is 89.4 Å². The van der Waals surface area contributed by atoms with Gasteiger partial charge < -0.3 is 15.0 Å². The number of ether oxygens (including phenoxy) is 1. The number of halogens is 1. The van der Waals surface area contributed by atoms with Crippen molar-refractivity contribution in [2.24, 2.45) is 0 Å². The third-order valence-corrected chi connectivity index (χ3v) is 7.97. The topological polar surface area (TPSA) is 96.0 Å². The fourth-order valence-electron chi connectivity index (χ4n) is 4.05. The van der Waals surface area contributed by atoms with Gasteiger partial charge in [-0.2, -0.15) is 0 Å². The largest absolute Gasteiger partial charge is 0.492 e. The van der Waals surface area contributed by atoms with E-state index in [-0.39, 0.29) is 23.0 Å². The van der Waals surface area contributed by atoms with E-state index in [9.17, 15) is 18.0 Å². The van der Waals surface area contributed by atoms with Crippen molar-refractivity contribution >= 4 is 39.1 Å². The minimum atomic E-state index is -4.22. The molecule has 1 atom stereocenters. The molecule has 0 heterocycles. The molecule has 0 unspecified atom stereocenters. The van der Waals surface area contributed by atoms with Gasteiger partial charge in [0.05, 0.1) is 17.2 Å². The minimum absolute atomic E-state index is 0.0334. The lowest BCUT2D eigenvalue weighted by Gasteiger charge is -2.33. The molecule has 0 aliphatic rings. The number of anilines is 1. The van der Waals surface area contributed by atoms with E-state index in [1.807, 2.05) is 30.3 Å². The summed E-state index contributed by atoms with van der Waals surface area (Å²) in [5.41, 5.74) is 1.02. The number of hydrogen-bond donors (Lipinski definition) is 1. The molecule has 3 aromatic carbocycles. The summed E-state index contributed by atoms with van der Waals surface area (Å²) in [5.74, 6) is -0.556. The summed E-state index contributed by atoms with van der Waals surface area (Å²) in [4.78, 5) is 28.1. The molecular weight excluding hydrogens is 526 g/mol. The van der Waals surface area contributed by atoms with Gasteiger partial charge >= 0.3 is 0 Å². The number of carbonyl (C=O) groups excluding carboxylic acids is 2. The van der Waals surface area contributed by atoms with Gasteiger partial charge in [0.1, 0.15) is 18.3 Å². The molecular formula is C28H32ClN3O5S. The van der Waals surface area contributed by atoms with E-state index in [1.54, 1.807) is 38.1 Å². The fraction of sp³-hybridized carbons (Fsp3) is 0.286. The lowest BCUT2D eigenvalue weighted by molar-refractivity contribution is -0.140. The van der Waals surface area contributed by atoms with Gasteiger partial charge in [0.2, 0.25) is 11.8 Å². The van der Waals surface area contributed by atoms with Crippen LogP contribution in [0.25, 0.3) is 0 Å². The molecule has 0 saturated heterocycles. The summed E-state index contributed by atoms with van der Waals surface area (Å²) in [5, 5.41) is 2.99. The molecule has 3 rings (SSSR count). The molecule has 0 radical (unpaired) electrons. The number of sulfonamides is 1. The molecule has 10 heteroatoms. The predicted molar refractivity (Wildman–Crippen MR) is 149 cm³/mol. The summed E-state index contributed by atoms with van der Waals surface area (Å²) in [7, 11) is -2.72. The van der Waals surface area contributed by atoms with E-state index in [1.165, 1.54) is 36.2 Å². The number of amides is 2. The Hall–Kier alpha value is -3.56. The summed E-state index contributed by atoms with van der Waals surface area (Å²) in [6, 6.07) is 20.8. The van der Waals surface area contributed by atoms with E-state index >= 15 is 0 Å². The zero-order chi connectivity index (χ0) is 27.7. The monoisotopic (exact) mass is 557 g/mol. The van der Waals surface area contributed by atoms with E-state index in [2.05, 4.69) is 5.32 Å². The molecule has 0 bridgehead atoms. The standard InChI is InChI=1S/C28H32ClN3O5S/c1-4-24(28(34)30-3)31(19-21-11-7-6-8-12-21)27(33)20-32(25-13-9-10-14-26(25)37-5-2)38(35,36)23-17-15-22(29)16-18-23/h6-18,24H,4-5,19-20H2,1-3H3,(H,30,34)/t24-/m1/s1. The second kappa shape index (κ2) is 13.3. The summed E-state index contributed by atoms with van der Waals surface area (Å²) >= 11 is 5.99. The minimum Gasteiger partial charge on any atom is -0.492 e. The highest BCUT2D eigenvalue weighted by atomic mass is 35.5. The van der Waals surface area contributed by atoms with Crippen LogP contribution < -0.4 is 14.4 Å². The Morgan fingerprint density at radius 3 is 2.18 bits per heavy atom. The molecule has 3 aromatic rings. The van der Waals surface area contributed by atoms with Crippen LogP contribution in [-0.4, -0.2) is 51.4 Å². The molecule has 1 N–H and O–H groups in total. The number of rotatable bonds is 12. The molecule has 0 fully saturated rings. The lowest BCUT2D eigenvalue weighted by Crippen LogP contribution is -2.51. The van der Waals surface area contributed by atoms with E-state index < -0.39 is 28.5 Å².